The van der Waals surface area contributed by atoms with Gasteiger partial charge in [-0.25, -0.2) is 4.39 Å². The maximum Gasteiger partial charge on any atom is 0.237 e. The van der Waals surface area contributed by atoms with Crippen molar-refractivity contribution in [3.8, 4) is 0 Å². The number of nitrogens with zero attached hydrogens (tertiary/aromatic N) is 1. The third-order valence-electron chi connectivity index (χ3n) is 3.61. The number of anilines is 3. The second kappa shape index (κ2) is 9.24. The fourth-order valence-corrected chi connectivity index (χ4v) is 2.78. The summed E-state index contributed by atoms with van der Waals surface area (Å²) in [5.41, 5.74) is 2.28. The molecular formula is C19H22FN3O2S. The molecule has 0 fully saturated rings. The van der Waals surface area contributed by atoms with Crippen LogP contribution in [-0.2, 0) is 9.59 Å². The molecule has 0 aliphatic heterocycles. The predicted molar refractivity (Wildman–Crippen MR) is 106 cm³/mol. The Labute approximate surface area is 157 Å². The number of thioether (sulfide) groups is 1. The van der Waals surface area contributed by atoms with E-state index in [4.69, 9.17) is 0 Å². The largest absolute Gasteiger partial charge is 0.378 e. The van der Waals surface area contributed by atoms with Crippen molar-refractivity contribution in [1.29, 1.82) is 0 Å². The van der Waals surface area contributed by atoms with Crippen molar-refractivity contribution in [3.63, 3.8) is 0 Å². The minimum Gasteiger partial charge on any atom is -0.378 e. The van der Waals surface area contributed by atoms with E-state index in [1.807, 2.05) is 43.3 Å². The number of amides is 2. The highest BCUT2D eigenvalue weighted by Gasteiger charge is 2.15. The highest BCUT2D eigenvalue weighted by atomic mass is 32.2. The number of hydrogen-bond acceptors (Lipinski definition) is 4. The molecule has 2 aromatic carbocycles. The lowest BCUT2D eigenvalue weighted by Gasteiger charge is -2.14. The van der Waals surface area contributed by atoms with Crippen molar-refractivity contribution >= 4 is 40.6 Å². The molecule has 0 aromatic heterocycles. The number of benzene rings is 2. The number of rotatable bonds is 7. The summed E-state index contributed by atoms with van der Waals surface area (Å²) in [7, 11) is 3.90. The monoisotopic (exact) mass is 375 g/mol. The summed E-state index contributed by atoms with van der Waals surface area (Å²) < 4.78 is 12.8. The van der Waals surface area contributed by atoms with Gasteiger partial charge < -0.3 is 15.5 Å². The van der Waals surface area contributed by atoms with E-state index < -0.39 is 0 Å². The minimum atomic E-state index is -0.387. The second-order valence-electron chi connectivity index (χ2n) is 5.94. The number of carbonyl (C=O) groups excluding carboxylic acids is 2. The van der Waals surface area contributed by atoms with E-state index in [2.05, 4.69) is 10.6 Å². The molecule has 2 aromatic rings. The molecule has 0 saturated heterocycles. The zero-order valence-electron chi connectivity index (χ0n) is 15.0. The van der Waals surface area contributed by atoms with E-state index in [0.29, 0.717) is 11.4 Å². The maximum atomic E-state index is 12.8. The van der Waals surface area contributed by atoms with Gasteiger partial charge in [0.2, 0.25) is 11.8 Å². The van der Waals surface area contributed by atoms with Gasteiger partial charge in [0.15, 0.2) is 0 Å². The molecule has 7 heteroatoms. The van der Waals surface area contributed by atoms with Gasteiger partial charge in [-0.15, -0.1) is 11.8 Å². The zero-order chi connectivity index (χ0) is 19.1. The summed E-state index contributed by atoms with van der Waals surface area (Å²) in [4.78, 5) is 26.1. The third kappa shape index (κ3) is 6.07. The number of halogens is 1. The lowest BCUT2D eigenvalue weighted by atomic mass is 10.2. The van der Waals surface area contributed by atoms with Crippen LogP contribution >= 0.6 is 11.8 Å². The van der Waals surface area contributed by atoms with E-state index in [9.17, 15) is 14.0 Å². The van der Waals surface area contributed by atoms with Crippen LogP contribution in [-0.4, -0.2) is 36.9 Å². The van der Waals surface area contributed by atoms with E-state index in [-0.39, 0.29) is 28.6 Å². The molecule has 0 aliphatic carbocycles. The van der Waals surface area contributed by atoms with Crippen LogP contribution in [0.4, 0.5) is 21.5 Å². The molecule has 5 nitrogen and oxygen atoms in total. The van der Waals surface area contributed by atoms with Gasteiger partial charge in [0, 0.05) is 31.2 Å². The number of carbonyl (C=O) groups is 2. The molecule has 1 unspecified atom stereocenters. The molecule has 0 saturated carbocycles. The summed E-state index contributed by atoms with van der Waals surface area (Å²) in [6.07, 6.45) is 0. The first-order valence-electron chi connectivity index (χ1n) is 8.10. The van der Waals surface area contributed by atoms with Crippen LogP contribution in [0.1, 0.15) is 6.92 Å². The normalized spacial score (nSPS) is 11.5. The molecule has 138 valence electrons. The van der Waals surface area contributed by atoms with Gasteiger partial charge in [0.1, 0.15) is 5.82 Å². The van der Waals surface area contributed by atoms with Crippen LogP contribution in [0.5, 0.6) is 0 Å². The molecular weight excluding hydrogens is 353 g/mol. The fraction of sp³-hybridized carbons (Fsp3) is 0.263. The van der Waals surface area contributed by atoms with Crippen LogP contribution in [0.25, 0.3) is 0 Å². The average molecular weight is 375 g/mol. The molecule has 2 rings (SSSR count). The topological polar surface area (TPSA) is 61.4 Å². The van der Waals surface area contributed by atoms with Crippen molar-refractivity contribution in [1.82, 2.24) is 0 Å². The van der Waals surface area contributed by atoms with Crippen LogP contribution in [0.15, 0.2) is 48.5 Å². The van der Waals surface area contributed by atoms with Crippen LogP contribution in [0, 0.1) is 5.82 Å². The Morgan fingerprint density at radius 2 is 1.54 bits per heavy atom. The standard InChI is InChI=1S/C19H22FN3O2S/c1-13(19(25)22-16-8-10-17(11-9-16)23(2)3)26-12-18(24)21-15-6-4-14(20)5-7-15/h4-11,13H,12H2,1-3H3,(H,21,24)(H,22,25). The Kier molecular flexibility index (Phi) is 7.03. The Morgan fingerprint density at radius 3 is 2.12 bits per heavy atom. The van der Waals surface area contributed by atoms with E-state index >= 15 is 0 Å². The maximum absolute atomic E-state index is 12.8. The zero-order valence-corrected chi connectivity index (χ0v) is 15.8. The van der Waals surface area contributed by atoms with Crippen molar-refractivity contribution in [2.45, 2.75) is 12.2 Å². The van der Waals surface area contributed by atoms with Gasteiger partial charge >= 0.3 is 0 Å². The van der Waals surface area contributed by atoms with Crippen LogP contribution < -0.4 is 15.5 Å². The van der Waals surface area contributed by atoms with E-state index in [0.717, 1.165) is 5.69 Å². The van der Waals surface area contributed by atoms with Crippen LogP contribution in [0.3, 0.4) is 0 Å². The van der Waals surface area contributed by atoms with Crippen molar-refractivity contribution in [2.24, 2.45) is 0 Å². The summed E-state index contributed by atoms with van der Waals surface area (Å²) >= 11 is 1.24. The second-order valence-corrected chi connectivity index (χ2v) is 7.27. The quantitative estimate of drug-likeness (QED) is 0.776. The summed E-state index contributed by atoms with van der Waals surface area (Å²) in [5.74, 6) is -0.633. The Hall–Kier alpha value is -2.54. The summed E-state index contributed by atoms with van der Waals surface area (Å²) in [5, 5.41) is 5.12. The lowest BCUT2D eigenvalue weighted by Crippen LogP contribution is -2.25. The number of nitrogens with one attached hydrogen (secondary N) is 2. The molecule has 0 spiro atoms. The van der Waals surface area contributed by atoms with E-state index in [1.54, 1.807) is 6.92 Å². The highest BCUT2D eigenvalue weighted by molar-refractivity contribution is 8.01. The van der Waals surface area contributed by atoms with Crippen molar-refractivity contribution in [2.75, 3.05) is 35.4 Å². The first-order chi connectivity index (χ1) is 12.3. The Bertz CT molecular complexity index is 748. The van der Waals surface area contributed by atoms with Gasteiger partial charge in [-0.2, -0.15) is 0 Å². The minimum absolute atomic E-state index is 0.130. The Morgan fingerprint density at radius 1 is 1.00 bits per heavy atom. The van der Waals surface area contributed by atoms with E-state index in [1.165, 1.54) is 36.0 Å². The van der Waals surface area contributed by atoms with Crippen molar-refractivity contribution in [3.05, 3.63) is 54.3 Å². The van der Waals surface area contributed by atoms with Gasteiger partial charge in [0.05, 0.1) is 11.0 Å². The molecule has 0 aliphatic rings. The molecule has 0 bridgehead atoms. The van der Waals surface area contributed by atoms with Gasteiger partial charge in [-0.05, 0) is 55.5 Å². The highest BCUT2D eigenvalue weighted by Crippen LogP contribution is 2.18. The number of hydrogen-bond donors (Lipinski definition) is 2. The fourth-order valence-electron chi connectivity index (χ4n) is 2.09. The molecule has 0 radical (unpaired) electrons. The SMILES string of the molecule is CC(SCC(=O)Nc1ccc(F)cc1)C(=O)Nc1ccc(N(C)C)cc1. The molecule has 2 amide bonds. The van der Waals surface area contributed by atoms with Gasteiger partial charge in [-0.1, -0.05) is 0 Å². The van der Waals surface area contributed by atoms with Gasteiger partial charge in [-0.3, -0.25) is 9.59 Å². The Balaban J connectivity index is 1.79. The third-order valence-corrected chi connectivity index (χ3v) is 4.76. The summed E-state index contributed by atoms with van der Waals surface area (Å²) in [6.45, 7) is 1.75. The smallest absolute Gasteiger partial charge is 0.237 e. The lowest BCUT2D eigenvalue weighted by molar-refractivity contribution is -0.115. The predicted octanol–water partition coefficient (Wildman–Crippen LogP) is 3.59. The van der Waals surface area contributed by atoms with Crippen molar-refractivity contribution < 1.29 is 14.0 Å². The molecule has 2 N–H and O–H groups in total. The summed E-state index contributed by atoms with van der Waals surface area (Å²) in [6, 6.07) is 13.1. The first kappa shape index (κ1) is 19.8. The average Bonchev–Trinajstić information content (AvgIpc) is 2.62. The molecule has 0 heterocycles. The van der Waals surface area contributed by atoms with Crippen LogP contribution in [0.2, 0.25) is 0 Å². The molecule has 1 atom stereocenters. The first-order valence-corrected chi connectivity index (χ1v) is 9.15. The molecule has 26 heavy (non-hydrogen) atoms. The van der Waals surface area contributed by atoms with Gasteiger partial charge in [0.25, 0.3) is 0 Å².